The summed E-state index contributed by atoms with van der Waals surface area (Å²) >= 11 is 0. The van der Waals surface area contributed by atoms with Gasteiger partial charge in [-0.05, 0) is 65.8 Å². The van der Waals surface area contributed by atoms with Crippen LogP contribution in [-0.4, -0.2) is 20.6 Å². The maximum absolute atomic E-state index is 13.5. The van der Waals surface area contributed by atoms with Gasteiger partial charge in [-0.1, -0.05) is 12.1 Å². The van der Waals surface area contributed by atoms with Crippen molar-refractivity contribution < 1.29 is 12.8 Å². The normalized spacial score (nSPS) is 14.3. The fraction of sp³-hybridized carbons (Fsp3) is 0.316. The molecule has 3 N–H and O–H groups in total. The van der Waals surface area contributed by atoms with E-state index in [0.717, 1.165) is 24.8 Å². The Hall–Kier alpha value is -2.41. The summed E-state index contributed by atoms with van der Waals surface area (Å²) in [5.41, 5.74) is 10.5. The molecular weight excluding hydrogens is 353 g/mol. The van der Waals surface area contributed by atoms with Gasteiger partial charge in [-0.3, -0.25) is 0 Å². The third-order valence-electron chi connectivity index (χ3n) is 4.38. The minimum absolute atomic E-state index is 0.104. The van der Waals surface area contributed by atoms with Gasteiger partial charge in [0, 0.05) is 11.9 Å². The van der Waals surface area contributed by atoms with Crippen LogP contribution in [0.5, 0.6) is 0 Å². The Morgan fingerprint density at radius 2 is 1.92 bits per heavy atom. The molecule has 1 aliphatic carbocycles. The van der Waals surface area contributed by atoms with E-state index < -0.39 is 15.7 Å². The highest BCUT2D eigenvalue weighted by Crippen LogP contribution is 2.24. The minimum atomic E-state index is -3.22. The lowest BCUT2D eigenvalue weighted by atomic mass is 10.1. The van der Waals surface area contributed by atoms with Crippen LogP contribution < -0.4 is 11.1 Å². The molecule has 0 saturated heterocycles. The molecule has 5 nitrogen and oxygen atoms in total. The first kappa shape index (κ1) is 18.4. The largest absolute Gasteiger partial charge is 0.370 e. The summed E-state index contributed by atoms with van der Waals surface area (Å²) in [5.74, 6) is -0.383. The second-order valence-corrected chi connectivity index (χ2v) is 8.79. The van der Waals surface area contributed by atoms with E-state index in [0.29, 0.717) is 11.1 Å². The van der Waals surface area contributed by atoms with Crippen molar-refractivity contribution in [2.24, 2.45) is 10.7 Å². The molecule has 0 aromatic heterocycles. The van der Waals surface area contributed by atoms with Gasteiger partial charge < -0.3 is 11.1 Å². The number of nitrogens with one attached hydrogen (secondary N) is 1. The molecule has 0 bridgehead atoms. The Labute approximate surface area is 153 Å². The predicted molar refractivity (Wildman–Crippen MR) is 102 cm³/mol. The van der Waals surface area contributed by atoms with Gasteiger partial charge in [0.2, 0.25) is 0 Å². The van der Waals surface area contributed by atoms with Crippen molar-refractivity contribution in [3.63, 3.8) is 0 Å². The third kappa shape index (κ3) is 4.82. The SMILES string of the molecule is CS(=O)(=O)Cc1ccc(F)cc1CN=C(N)Nc1ccc2c(c1)CCC2. The van der Waals surface area contributed by atoms with Crippen LogP contribution >= 0.6 is 0 Å². The van der Waals surface area contributed by atoms with Gasteiger partial charge >= 0.3 is 0 Å². The summed E-state index contributed by atoms with van der Waals surface area (Å²) in [6.07, 6.45) is 4.50. The second kappa shape index (κ2) is 7.45. The number of hydrogen-bond acceptors (Lipinski definition) is 3. The Balaban J connectivity index is 1.73. The Morgan fingerprint density at radius 1 is 1.15 bits per heavy atom. The van der Waals surface area contributed by atoms with E-state index in [-0.39, 0.29) is 18.3 Å². The van der Waals surface area contributed by atoms with Gasteiger partial charge in [-0.25, -0.2) is 17.8 Å². The molecule has 0 aliphatic heterocycles. The summed E-state index contributed by atoms with van der Waals surface area (Å²) < 4.78 is 36.6. The lowest BCUT2D eigenvalue weighted by Gasteiger charge is -2.10. The Morgan fingerprint density at radius 3 is 2.69 bits per heavy atom. The van der Waals surface area contributed by atoms with Crippen molar-refractivity contribution in [3.8, 4) is 0 Å². The van der Waals surface area contributed by atoms with Crippen LogP contribution in [0, 0.1) is 5.82 Å². The smallest absolute Gasteiger partial charge is 0.193 e. The average molecular weight is 375 g/mol. The number of anilines is 1. The zero-order chi connectivity index (χ0) is 18.7. The van der Waals surface area contributed by atoms with Gasteiger partial charge in [0.25, 0.3) is 0 Å². The zero-order valence-corrected chi connectivity index (χ0v) is 15.4. The molecule has 2 aromatic rings. The number of guanidine groups is 1. The first-order valence-corrected chi connectivity index (χ1v) is 10.5. The van der Waals surface area contributed by atoms with Gasteiger partial charge in [-0.15, -0.1) is 0 Å². The molecule has 0 amide bonds. The summed E-state index contributed by atoms with van der Waals surface area (Å²) in [6, 6.07) is 10.2. The highest BCUT2D eigenvalue weighted by Gasteiger charge is 2.12. The highest BCUT2D eigenvalue weighted by atomic mass is 32.2. The fourth-order valence-electron chi connectivity index (χ4n) is 3.17. The number of fused-ring (bicyclic) bond motifs is 1. The monoisotopic (exact) mass is 375 g/mol. The highest BCUT2D eigenvalue weighted by molar-refractivity contribution is 7.89. The number of aliphatic imine (C=N–C) groups is 1. The molecule has 138 valence electrons. The summed E-state index contributed by atoms with van der Waals surface area (Å²) in [5, 5.41) is 3.04. The van der Waals surface area contributed by atoms with Crippen LogP contribution in [-0.2, 0) is 35.0 Å². The molecule has 7 heteroatoms. The van der Waals surface area contributed by atoms with Crippen molar-refractivity contribution in [3.05, 3.63) is 64.5 Å². The predicted octanol–water partition coefficient (Wildman–Crippen LogP) is 2.79. The van der Waals surface area contributed by atoms with E-state index >= 15 is 0 Å². The van der Waals surface area contributed by atoms with Gasteiger partial charge in [0.15, 0.2) is 15.8 Å². The van der Waals surface area contributed by atoms with Crippen molar-refractivity contribution in [2.45, 2.75) is 31.6 Å². The molecule has 26 heavy (non-hydrogen) atoms. The fourth-order valence-corrected chi connectivity index (χ4v) is 4.02. The number of aryl methyl sites for hydroxylation is 2. The molecule has 0 saturated carbocycles. The van der Waals surface area contributed by atoms with E-state index in [1.807, 2.05) is 6.07 Å². The Bertz CT molecular complexity index is 955. The lowest BCUT2D eigenvalue weighted by Crippen LogP contribution is -2.22. The van der Waals surface area contributed by atoms with Crippen LogP contribution in [0.1, 0.15) is 28.7 Å². The standard InChI is InChI=1S/C19H22FN3O2S/c1-26(24,25)12-15-5-7-17(20)9-16(15)11-22-19(21)23-18-8-6-13-3-2-4-14(13)10-18/h5-10H,2-4,11-12H2,1H3,(H3,21,22,23). The molecule has 0 radical (unpaired) electrons. The minimum Gasteiger partial charge on any atom is -0.370 e. The van der Waals surface area contributed by atoms with Crippen LogP contribution in [0.15, 0.2) is 41.4 Å². The molecular formula is C19H22FN3O2S. The van der Waals surface area contributed by atoms with Gasteiger partial charge in [-0.2, -0.15) is 0 Å². The van der Waals surface area contributed by atoms with Gasteiger partial charge in [0.05, 0.1) is 12.3 Å². The lowest BCUT2D eigenvalue weighted by molar-refractivity contribution is 0.600. The van der Waals surface area contributed by atoms with E-state index in [2.05, 4.69) is 22.4 Å². The number of halogens is 1. The molecule has 0 fully saturated rings. The van der Waals surface area contributed by atoms with Crippen molar-refractivity contribution in [2.75, 3.05) is 11.6 Å². The number of benzene rings is 2. The second-order valence-electron chi connectivity index (χ2n) is 6.65. The molecule has 0 heterocycles. The molecule has 1 aliphatic rings. The molecule has 3 rings (SSSR count). The molecule has 0 unspecified atom stereocenters. The van der Waals surface area contributed by atoms with E-state index in [4.69, 9.17) is 5.73 Å². The first-order valence-electron chi connectivity index (χ1n) is 8.44. The van der Waals surface area contributed by atoms with Crippen molar-refractivity contribution >= 4 is 21.5 Å². The number of rotatable bonds is 5. The van der Waals surface area contributed by atoms with E-state index in [1.165, 1.54) is 35.7 Å². The van der Waals surface area contributed by atoms with Crippen LogP contribution in [0.3, 0.4) is 0 Å². The number of hydrogen-bond donors (Lipinski definition) is 2. The quantitative estimate of drug-likeness (QED) is 0.622. The number of nitrogens with two attached hydrogens (primary N) is 1. The topological polar surface area (TPSA) is 84.5 Å². The average Bonchev–Trinajstić information content (AvgIpc) is 3.01. The molecule has 0 atom stereocenters. The van der Waals surface area contributed by atoms with E-state index in [1.54, 1.807) is 0 Å². The van der Waals surface area contributed by atoms with Crippen LogP contribution in [0.2, 0.25) is 0 Å². The van der Waals surface area contributed by atoms with Gasteiger partial charge in [0.1, 0.15) is 5.82 Å². The number of nitrogens with zero attached hydrogens (tertiary/aromatic N) is 1. The van der Waals surface area contributed by atoms with Crippen LogP contribution in [0.4, 0.5) is 10.1 Å². The zero-order valence-electron chi connectivity index (χ0n) is 14.6. The van der Waals surface area contributed by atoms with Crippen molar-refractivity contribution in [1.82, 2.24) is 0 Å². The Kier molecular flexibility index (Phi) is 5.27. The first-order chi connectivity index (χ1) is 12.3. The number of sulfone groups is 1. The summed E-state index contributed by atoms with van der Waals surface area (Å²) in [6.45, 7) is 0.104. The molecule has 2 aromatic carbocycles. The summed E-state index contributed by atoms with van der Waals surface area (Å²) in [7, 11) is -3.22. The molecule has 0 spiro atoms. The summed E-state index contributed by atoms with van der Waals surface area (Å²) in [4.78, 5) is 4.24. The maximum Gasteiger partial charge on any atom is 0.193 e. The maximum atomic E-state index is 13.5. The van der Waals surface area contributed by atoms with Crippen LogP contribution in [0.25, 0.3) is 0 Å². The third-order valence-corrected chi connectivity index (χ3v) is 5.21. The van der Waals surface area contributed by atoms with Crippen molar-refractivity contribution in [1.29, 1.82) is 0 Å². The van der Waals surface area contributed by atoms with E-state index in [9.17, 15) is 12.8 Å².